The Kier molecular flexibility index (Phi) is 21.8. The summed E-state index contributed by atoms with van der Waals surface area (Å²) in [5, 5.41) is 10.2. The van der Waals surface area contributed by atoms with Gasteiger partial charge in [-0.25, -0.2) is 0 Å². The van der Waals surface area contributed by atoms with Crippen molar-refractivity contribution in [1.82, 2.24) is 0 Å². The lowest BCUT2D eigenvalue weighted by atomic mass is 10.0. The molecule has 0 aliphatic carbocycles. The maximum Gasteiger partial charge on any atom is 0.311 e. The predicted molar refractivity (Wildman–Crippen MR) is 155 cm³/mol. The number of hydrogen-bond donors (Lipinski definition) is 1. The molecule has 0 heterocycles. The van der Waals surface area contributed by atoms with E-state index in [-0.39, 0.29) is 12.1 Å². The zero-order valence-electron chi connectivity index (χ0n) is 23.9. The van der Waals surface area contributed by atoms with Crippen molar-refractivity contribution in [2.75, 3.05) is 0 Å². The third-order valence-electron chi connectivity index (χ3n) is 7.28. The molecule has 1 aromatic carbocycles. The van der Waals surface area contributed by atoms with Gasteiger partial charge in [0.15, 0.2) is 0 Å². The minimum atomic E-state index is -0.127. The summed E-state index contributed by atoms with van der Waals surface area (Å²) in [7, 11) is 0. The molecule has 0 fully saturated rings. The number of unbranched alkanes of at least 4 members (excludes halogenated alkanes) is 16. The summed E-state index contributed by atoms with van der Waals surface area (Å²) in [6.45, 7) is 4.51. The van der Waals surface area contributed by atoms with Crippen LogP contribution in [-0.2, 0) is 11.2 Å². The first-order valence-corrected chi connectivity index (χ1v) is 15.6. The van der Waals surface area contributed by atoms with Gasteiger partial charge in [-0.05, 0) is 49.8 Å². The second-order valence-corrected chi connectivity index (χ2v) is 10.9. The smallest absolute Gasteiger partial charge is 0.311 e. The molecule has 0 spiro atoms. The molecule has 0 aromatic heterocycles. The molecule has 1 unspecified atom stereocenters. The van der Waals surface area contributed by atoms with Crippen LogP contribution in [0.1, 0.15) is 161 Å². The van der Waals surface area contributed by atoms with Crippen LogP contribution in [0.2, 0.25) is 0 Å². The van der Waals surface area contributed by atoms with Crippen LogP contribution in [0.25, 0.3) is 0 Å². The molecule has 0 radical (unpaired) electrons. The molecule has 1 aromatic rings. The maximum atomic E-state index is 12.1. The number of benzene rings is 1. The molecule has 0 aliphatic heterocycles. The van der Waals surface area contributed by atoms with Gasteiger partial charge in [-0.1, -0.05) is 135 Å². The number of esters is 1. The van der Waals surface area contributed by atoms with Gasteiger partial charge < -0.3 is 9.84 Å². The fourth-order valence-electron chi connectivity index (χ4n) is 4.85. The molecule has 1 N–H and O–H groups in total. The average molecular weight is 503 g/mol. The normalized spacial score (nSPS) is 12.1. The molecule has 1 rings (SSSR count). The largest absolute Gasteiger partial charge is 0.427 e. The van der Waals surface area contributed by atoms with E-state index in [1.54, 1.807) is 0 Å². The summed E-state index contributed by atoms with van der Waals surface area (Å²) < 4.78 is 5.51. The topological polar surface area (TPSA) is 46.5 Å². The number of carbonyl (C=O) groups excluding carboxylic acids is 1. The Morgan fingerprint density at radius 3 is 1.61 bits per heavy atom. The Labute approximate surface area is 223 Å². The van der Waals surface area contributed by atoms with E-state index in [4.69, 9.17) is 4.74 Å². The molecule has 0 saturated carbocycles. The van der Waals surface area contributed by atoms with Crippen molar-refractivity contribution in [3.63, 3.8) is 0 Å². The average Bonchev–Trinajstić information content (AvgIpc) is 2.88. The van der Waals surface area contributed by atoms with Crippen molar-refractivity contribution in [3.05, 3.63) is 29.8 Å². The van der Waals surface area contributed by atoms with Crippen molar-refractivity contribution in [2.24, 2.45) is 0 Å². The van der Waals surface area contributed by atoms with Gasteiger partial charge in [0.1, 0.15) is 5.75 Å². The highest BCUT2D eigenvalue weighted by atomic mass is 16.5. The van der Waals surface area contributed by atoms with E-state index in [1.807, 2.05) is 12.1 Å². The highest BCUT2D eigenvalue weighted by Gasteiger charge is 2.06. The minimum absolute atomic E-state index is 0.125. The van der Waals surface area contributed by atoms with Gasteiger partial charge in [0.05, 0.1) is 6.10 Å². The molecule has 0 amide bonds. The molecule has 0 aliphatic rings. The van der Waals surface area contributed by atoms with E-state index < -0.39 is 0 Å². The van der Waals surface area contributed by atoms with Crippen molar-refractivity contribution in [2.45, 2.75) is 168 Å². The number of carbonyl (C=O) groups is 1. The molecule has 0 bridgehead atoms. The summed E-state index contributed by atoms with van der Waals surface area (Å²) in [6.07, 6.45) is 27.1. The Morgan fingerprint density at radius 1 is 0.639 bits per heavy atom. The Bertz CT molecular complexity index is 610. The molecular weight excluding hydrogens is 444 g/mol. The lowest BCUT2D eigenvalue weighted by Gasteiger charge is -2.10. The molecule has 208 valence electrons. The fraction of sp³-hybridized carbons (Fsp3) is 0.788. The Balaban J connectivity index is 1.96. The first-order chi connectivity index (χ1) is 17.7. The minimum Gasteiger partial charge on any atom is -0.427 e. The van der Waals surface area contributed by atoms with Crippen LogP contribution in [0, 0.1) is 0 Å². The Morgan fingerprint density at radius 2 is 1.08 bits per heavy atom. The standard InChI is InChI=1S/C33H58O3/c1-3-5-7-9-11-14-18-22-30-26-28-32(29-27-30)36-33(35)25-21-17-13-16-20-24-31(34)23-19-15-12-10-8-6-4-2/h26-29,31,34H,3-25H2,1-2H3. The maximum absolute atomic E-state index is 12.1. The van der Waals surface area contributed by atoms with Crippen molar-refractivity contribution in [1.29, 1.82) is 0 Å². The molecule has 3 heteroatoms. The zero-order valence-corrected chi connectivity index (χ0v) is 23.9. The quantitative estimate of drug-likeness (QED) is 0.0821. The second-order valence-electron chi connectivity index (χ2n) is 10.9. The van der Waals surface area contributed by atoms with Crippen LogP contribution in [-0.4, -0.2) is 17.2 Å². The number of rotatable bonds is 25. The SMILES string of the molecule is CCCCCCCCCc1ccc(OC(=O)CCCCCCCC(O)CCCCCCCCC)cc1. The number of hydrogen-bond acceptors (Lipinski definition) is 3. The van der Waals surface area contributed by atoms with Crippen molar-refractivity contribution < 1.29 is 14.6 Å². The highest BCUT2D eigenvalue weighted by molar-refractivity contribution is 5.72. The van der Waals surface area contributed by atoms with Crippen LogP contribution in [0.15, 0.2) is 24.3 Å². The third kappa shape index (κ3) is 19.8. The van der Waals surface area contributed by atoms with E-state index in [0.29, 0.717) is 12.2 Å². The van der Waals surface area contributed by atoms with Crippen LogP contribution in [0.5, 0.6) is 5.75 Å². The number of ether oxygens (including phenoxy) is 1. The van der Waals surface area contributed by atoms with Gasteiger partial charge in [0.2, 0.25) is 0 Å². The van der Waals surface area contributed by atoms with E-state index in [1.165, 1.54) is 89.0 Å². The Hall–Kier alpha value is -1.35. The van der Waals surface area contributed by atoms with Gasteiger partial charge in [0.25, 0.3) is 0 Å². The second kappa shape index (κ2) is 24.0. The number of aliphatic hydroxyl groups is 1. The predicted octanol–water partition coefficient (Wildman–Crippen LogP) is 10.1. The van der Waals surface area contributed by atoms with E-state index in [0.717, 1.165) is 57.8 Å². The monoisotopic (exact) mass is 502 g/mol. The highest BCUT2D eigenvalue weighted by Crippen LogP contribution is 2.17. The van der Waals surface area contributed by atoms with E-state index in [2.05, 4.69) is 26.0 Å². The third-order valence-corrected chi connectivity index (χ3v) is 7.28. The molecule has 0 saturated heterocycles. The molecular formula is C33H58O3. The fourth-order valence-corrected chi connectivity index (χ4v) is 4.85. The number of aliphatic hydroxyl groups excluding tert-OH is 1. The van der Waals surface area contributed by atoms with Crippen LogP contribution in [0.4, 0.5) is 0 Å². The van der Waals surface area contributed by atoms with Crippen molar-refractivity contribution >= 4 is 5.97 Å². The van der Waals surface area contributed by atoms with Crippen LogP contribution >= 0.6 is 0 Å². The van der Waals surface area contributed by atoms with E-state index in [9.17, 15) is 9.90 Å². The van der Waals surface area contributed by atoms with Crippen LogP contribution in [0.3, 0.4) is 0 Å². The zero-order chi connectivity index (χ0) is 26.1. The lowest BCUT2D eigenvalue weighted by molar-refractivity contribution is -0.134. The first-order valence-electron chi connectivity index (χ1n) is 15.6. The van der Waals surface area contributed by atoms with Gasteiger partial charge in [0, 0.05) is 6.42 Å². The first kappa shape index (κ1) is 32.7. The van der Waals surface area contributed by atoms with Gasteiger partial charge in [-0.15, -0.1) is 0 Å². The van der Waals surface area contributed by atoms with Gasteiger partial charge >= 0.3 is 5.97 Å². The van der Waals surface area contributed by atoms with Gasteiger partial charge in [-0.3, -0.25) is 4.79 Å². The summed E-state index contributed by atoms with van der Waals surface area (Å²) in [6, 6.07) is 8.07. The number of aryl methyl sites for hydroxylation is 1. The summed E-state index contributed by atoms with van der Waals surface area (Å²) in [4.78, 5) is 12.1. The van der Waals surface area contributed by atoms with Gasteiger partial charge in [-0.2, -0.15) is 0 Å². The molecule has 36 heavy (non-hydrogen) atoms. The summed E-state index contributed by atoms with van der Waals surface area (Å²) in [5.41, 5.74) is 1.33. The van der Waals surface area contributed by atoms with E-state index >= 15 is 0 Å². The molecule has 3 nitrogen and oxygen atoms in total. The molecule has 1 atom stereocenters. The summed E-state index contributed by atoms with van der Waals surface area (Å²) in [5.74, 6) is 0.540. The summed E-state index contributed by atoms with van der Waals surface area (Å²) >= 11 is 0. The van der Waals surface area contributed by atoms with Crippen LogP contribution < -0.4 is 4.74 Å². The van der Waals surface area contributed by atoms with Crippen molar-refractivity contribution in [3.8, 4) is 5.75 Å². The lowest BCUT2D eigenvalue weighted by Crippen LogP contribution is -2.07.